The maximum atomic E-state index is 12.0. The number of aromatic nitrogens is 1. The van der Waals surface area contributed by atoms with E-state index in [1.54, 1.807) is 25.3 Å². The molecule has 132 valence electrons. The Morgan fingerprint density at radius 2 is 1.88 bits per heavy atom. The van der Waals surface area contributed by atoms with Crippen molar-refractivity contribution in [3.63, 3.8) is 0 Å². The van der Waals surface area contributed by atoms with Gasteiger partial charge in [0, 0.05) is 18.8 Å². The fourth-order valence-corrected chi connectivity index (χ4v) is 1.99. The van der Waals surface area contributed by atoms with Crippen LogP contribution in [0.2, 0.25) is 0 Å². The van der Waals surface area contributed by atoms with Gasteiger partial charge in [0.1, 0.15) is 12.6 Å². The van der Waals surface area contributed by atoms with Gasteiger partial charge in [-0.25, -0.2) is 9.78 Å². The number of hydrogen-bond acceptors (Lipinski definition) is 5. The molecule has 0 aliphatic carbocycles. The van der Waals surface area contributed by atoms with E-state index in [2.05, 4.69) is 15.6 Å². The highest BCUT2D eigenvalue weighted by atomic mass is 16.5. The van der Waals surface area contributed by atoms with Crippen LogP contribution in [0.25, 0.3) is 0 Å². The number of carbonyl (C=O) groups is 2. The molecule has 0 radical (unpaired) electrons. The van der Waals surface area contributed by atoms with Gasteiger partial charge in [-0.05, 0) is 18.1 Å². The van der Waals surface area contributed by atoms with Gasteiger partial charge < -0.3 is 20.1 Å². The van der Waals surface area contributed by atoms with Crippen LogP contribution in [0.15, 0.2) is 48.7 Å². The maximum absolute atomic E-state index is 12.0. The fourth-order valence-electron chi connectivity index (χ4n) is 1.99. The zero-order valence-electron chi connectivity index (χ0n) is 14.2. The predicted molar refractivity (Wildman–Crippen MR) is 91.9 cm³/mol. The number of benzene rings is 1. The molecular formula is C18H21N3O4. The smallest absolute Gasteiger partial charge is 0.408 e. The number of nitrogens with one attached hydrogen (secondary N) is 2. The van der Waals surface area contributed by atoms with E-state index < -0.39 is 12.1 Å². The third kappa shape index (κ3) is 6.14. The first kappa shape index (κ1) is 18.3. The summed E-state index contributed by atoms with van der Waals surface area (Å²) in [6.07, 6.45) is 0.975. The van der Waals surface area contributed by atoms with Crippen molar-refractivity contribution in [2.45, 2.75) is 26.1 Å². The number of alkyl carbamates (subject to hydrolysis) is 1. The van der Waals surface area contributed by atoms with Crippen LogP contribution in [-0.2, 0) is 22.7 Å². The number of carbonyl (C=O) groups excluding carboxylic acids is 2. The Hall–Kier alpha value is -3.09. The zero-order chi connectivity index (χ0) is 18.1. The standard InChI is InChI=1S/C18H21N3O4/c1-13(21-18(23)25-12-14-6-4-3-5-7-14)17(22)20-11-15-8-9-16(24-2)19-10-15/h3-10,13H,11-12H2,1-2H3,(H,20,22)(H,21,23). The maximum Gasteiger partial charge on any atom is 0.408 e. The van der Waals surface area contributed by atoms with E-state index >= 15 is 0 Å². The lowest BCUT2D eigenvalue weighted by molar-refractivity contribution is -0.122. The predicted octanol–water partition coefficient (Wildman–Crippen LogP) is 2.02. The Bertz CT molecular complexity index is 689. The van der Waals surface area contributed by atoms with Crippen molar-refractivity contribution in [3.8, 4) is 5.88 Å². The first-order valence-corrected chi connectivity index (χ1v) is 7.82. The van der Waals surface area contributed by atoms with Crippen LogP contribution in [-0.4, -0.2) is 30.1 Å². The molecule has 2 N–H and O–H groups in total. The van der Waals surface area contributed by atoms with Gasteiger partial charge in [-0.3, -0.25) is 4.79 Å². The van der Waals surface area contributed by atoms with Crippen molar-refractivity contribution in [2.75, 3.05) is 7.11 Å². The topological polar surface area (TPSA) is 89.6 Å². The van der Waals surface area contributed by atoms with E-state index in [0.29, 0.717) is 12.4 Å². The lowest BCUT2D eigenvalue weighted by Gasteiger charge is -2.14. The van der Waals surface area contributed by atoms with E-state index in [0.717, 1.165) is 11.1 Å². The molecule has 1 unspecified atom stereocenters. The van der Waals surface area contributed by atoms with Gasteiger partial charge in [-0.1, -0.05) is 36.4 Å². The van der Waals surface area contributed by atoms with E-state index in [4.69, 9.17) is 9.47 Å². The molecule has 1 aromatic carbocycles. The van der Waals surface area contributed by atoms with Crippen LogP contribution in [0.5, 0.6) is 5.88 Å². The third-order valence-electron chi connectivity index (χ3n) is 3.41. The Morgan fingerprint density at radius 3 is 2.52 bits per heavy atom. The van der Waals surface area contributed by atoms with Crippen LogP contribution < -0.4 is 15.4 Å². The molecule has 2 rings (SSSR count). The molecule has 7 heteroatoms. The van der Waals surface area contributed by atoms with Crippen LogP contribution >= 0.6 is 0 Å². The summed E-state index contributed by atoms with van der Waals surface area (Å²) in [5.41, 5.74) is 1.70. The van der Waals surface area contributed by atoms with Crippen LogP contribution in [0.4, 0.5) is 4.79 Å². The van der Waals surface area contributed by atoms with Gasteiger partial charge in [0.15, 0.2) is 0 Å². The summed E-state index contributed by atoms with van der Waals surface area (Å²) >= 11 is 0. The van der Waals surface area contributed by atoms with Crippen LogP contribution in [0.3, 0.4) is 0 Å². The van der Waals surface area contributed by atoms with Crippen LogP contribution in [0.1, 0.15) is 18.1 Å². The quantitative estimate of drug-likeness (QED) is 0.803. The Labute approximate surface area is 146 Å². The number of amides is 2. The number of ether oxygens (including phenoxy) is 2. The molecule has 0 aliphatic heterocycles. The minimum Gasteiger partial charge on any atom is -0.481 e. The molecule has 2 aromatic rings. The Balaban J connectivity index is 1.72. The summed E-state index contributed by atoms with van der Waals surface area (Å²) in [5.74, 6) is 0.193. The molecule has 2 amide bonds. The second-order valence-electron chi connectivity index (χ2n) is 5.35. The average Bonchev–Trinajstić information content (AvgIpc) is 2.65. The number of pyridine rings is 1. The average molecular weight is 343 g/mol. The second-order valence-corrected chi connectivity index (χ2v) is 5.35. The summed E-state index contributed by atoms with van der Waals surface area (Å²) < 4.78 is 10.1. The normalized spacial score (nSPS) is 11.3. The summed E-state index contributed by atoms with van der Waals surface area (Å²) in [7, 11) is 1.54. The highest BCUT2D eigenvalue weighted by Gasteiger charge is 2.16. The molecule has 1 aromatic heterocycles. The number of hydrogen-bond donors (Lipinski definition) is 2. The molecule has 25 heavy (non-hydrogen) atoms. The second kappa shape index (κ2) is 9.27. The van der Waals surface area contributed by atoms with Crippen molar-refractivity contribution in [1.82, 2.24) is 15.6 Å². The van der Waals surface area contributed by atoms with E-state index in [1.165, 1.54) is 7.11 Å². The molecule has 0 saturated heterocycles. The van der Waals surface area contributed by atoms with Crippen LogP contribution in [0, 0.1) is 0 Å². The van der Waals surface area contributed by atoms with Crippen molar-refractivity contribution in [1.29, 1.82) is 0 Å². The lowest BCUT2D eigenvalue weighted by atomic mass is 10.2. The van der Waals surface area contributed by atoms with Crippen molar-refractivity contribution < 1.29 is 19.1 Å². The van der Waals surface area contributed by atoms with Gasteiger partial charge in [0.25, 0.3) is 0 Å². The largest absolute Gasteiger partial charge is 0.481 e. The highest BCUT2D eigenvalue weighted by molar-refractivity contribution is 5.85. The van der Waals surface area contributed by atoms with Gasteiger partial charge in [0.05, 0.1) is 7.11 Å². The lowest BCUT2D eigenvalue weighted by Crippen LogP contribution is -2.44. The molecular weight excluding hydrogens is 322 g/mol. The fraction of sp³-hybridized carbons (Fsp3) is 0.278. The first-order valence-electron chi connectivity index (χ1n) is 7.82. The molecule has 0 spiro atoms. The Kier molecular flexibility index (Phi) is 6.76. The minimum atomic E-state index is -0.713. The summed E-state index contributed by atoms with van der Waals surface area (Å²) in [6.45, 7) is 2.05. The summed E-state index contributed by atoms with van der Waals surface area (Å²) in [6, 6.07) is 12.1. The van der Waals surface area contributed by atoms with Gasteiger partial charge in [-0.15, -0.1) is 0 Å². The highest BCUT2D eigenvalue weighted by Crippen LogP contribution is 2.06. The number of rotatable bonds is 7. The van der Waals surface area contributed by atoms with E-state index in [-0.39, 0.29) is 12.5 Å². The molecule has 1 atom stereocenters. The van der Waals surface area contributed by atoms with Gasteiger partial charge in [-0.2, -0.15) is 0 Å². The summed E-state index contributed by atoms with van der Waals surface area (Å²) in [4.78, 5) is 27.8. The Morgan fingerprint density at radius 1 is 1.12 bits per heavy atom. The van der Waals surface area contributed by atoms with E-state index in [1.807, 2.05) is 30.3 Å². The molecule has 0 saturated carbocycles. The van der Waals surface area contributed by atoms with Gasteiger partial charge in [0.2, 0.25) is 11.8 Å². The molecule has 0 fully saturated rings. The molecule has 1 heterocycles. The number of nitrogens with zero attached hydrogens (tertiary/aromatic N) is 1. The zero-order valence-corrected chi connectivity index (χ0v) is 14.2. The molecule has 0 aliphatic rings. The molecule has 7 nitrogen and oxygen atoms in total. The molecule has 0 bridgehead atoms. The number of methoxy groups -OCH3 is 1. The minimum absolute atomic E-state index is 0.151. The van der Waals surface area contributed by atoms with E-state index in [9.17, 15) is 9.59 Å². The SMILES string of the molecule is COc1ccc(CNC(=O)C(C)NC(=O)OCc2ccccc2)cn1. The third-order valence-corrected chi connectivity index (χ3v) is 3.41. The van der Waals surface area contributed by atoms with Crippen molar-refractivity contribution in [3.05, 3.63) is 59.8 Å². The summed E-state index contributed by atoms with van der Waals surface area (Å²) in [5, 5.41) is 5.22. The van der Waals surface area contributed by atoms with Crippen molar-refractivity contribution >= 4 is 12.0 Å². The monoisotopic (exact) mass is 343 g/mol. The van der Waals surface area contributed by atoms with Gasteiger partial charge >= 0.3 is 6.09 Å². The van der Waals surface area contributed by atoms with Crippen molar-refractivity contribution in [2.24, 2.45) is 0 Å². The first-order chi connectivity index (χ1) is 12.1.